The van der Waals surface area contributed by atoms with Gasteiger partial charge in [0.1, 0.15) is 11.5 Å². The van der Waals surface area contributed by atoms with E-state index in [0.29, 0.717) is 44.2 Å². The van der Waals surface area contributed by atoms with Gasteiger partial charge in [-0.15, -0.1) is 0 Å². The van der Waals surface area contributed by atoms with E-state index >= 15 is 0 Å². The van der Waals surface area contributed by atoms with Crippen LogP contribution in [0.3, 0.4) is 0 Å². The number of likely N-dealkylation sites (tertiary alicyclic amines) is 1. The van der Waals surface area contributed by atoms with Crippen molar-refractivity contribution < 1.29 is 24.2 Å². The fraction of sp³-hybridized carbons (Fsp3) is 0.407. The molecule has 2 aromatic rings. The Morgan fingerprint density at radius 1 is 1.11 bits per heavy atom. The number of ether oxygens (including phenoxy) is 2. The standard InChI is InChI=1S/C27H31BrN2O5/c1-3-14-35-21-8-9-22(18(2)17-21)25(31)23-24(19-4-6-20(28)7-5-19)30(27(33)26(23)32)11-10-29-12-15-34-16-13-29/h4-9,17,24,31H,3,10-16H2,1-2H3/t24-/m1/s1. The SMILES string of the molecule is CCCOc1ccc(C(O)=C2C(=O)C(=O)N(CCN3CCOCC3)[C@@H]2c2ccc(Br)cc2)c(C)c1. The highest BCUT2D eigenvalue weighted by molar-refractivity contribution is 9.10. The highest BCUT2D eigenvalue weighted by Crippen LogP contribution is 2.40. The molecule has 8 heteroatoms. The van der Waals surface area contributed by atoms with Crippen LogP contribution >= 0.6 is 15.9 Å². The van der Waals surface area contributed by atoms with Crippen LogP contribution in [0, 0.1) is 6.92 Å². The number of carbonyl (C=O) groups is 2. The Bertz CT molecular complexity index is 1110. The number of nitrogens with zero attached hydrogens (tertiary/aromatic N) is 2. The third kappa shape index (κ3) is 5.60. The molecule has 2 aliphatic heterocycles. The van der Waals surface area contributed by atoms with E-state index in [-0.39, 0.29) is 11.3 Å². The zero-order chi connectivity index (χ0) is 24.9. The number of rotatable bonds is 8. The number of aliphatic hydroxyl groups is 1. The summed E-state index contributed by atoms with van der Waals surface area (Å²) in [6.07, 6.45) is 0.891. The molecule has 35 heavy (non-hydrogen) atoms. The van der Waals surface area contributed by atoms with Gasteiger partial charge in [0.25, 0.3) is 11.7 Å². The molecule has 0 aromatic heterocycles. The van der Waals surface area contributed by atoms with Crippen molar-refractivity contribution in [1.82, 2.24) is 9.80 Å². The average molecular weight is 543 g/mol. The molecule has 0 radical (unpaired) electrons. The summed E-state index contributed by atoms with van der Waals surface area (Å²) in [6.45, 7) is 8.40. The molecule has 2 saturated heterocycles. The summed E-state index contributed by atoms with van der Waals surface area (Å²) >= 11 is 3.45. The van der Waals surface area contributed by atoms with Gasteiger partial charge < -0.3 is 19.5 Å². The molecular formula is C27H31BrN2O5. The second-order valence-corrected chi connectivity index (χ2v) is 9.74. The lowest BCUT2D eigenvalue weighted by Gasteiger charge is -2.31. The monoisotopic (exact) mass is 542 g/mol. The van der Waals surface area contributed by atoms with Crippen molar-refractivity contribution in [3.05, 3.63) is 69.2 Å². The maximum Gasteiger partial charge on any atom is 0.295 e. The molecule has 0 bridgehead atoms. The van der Waals surface area contributed by atoms with Crippen LogP contribution in [0.1, 0.15) is 36.1 Å². The minimum absolute atomic E-state index is 0.115. The van der Waals surface area contributed by atoms with Crippen molar-refractivity contribution in [2.24, 2.45) is 0 Å². The third-order valence-corrected chi connectivity index (χ3v) is 6.94. The number of aliphatic hydroxyl groups excluding tert-OH is 1. The molecule has 0 saturated carbocycles. The molecule has 2 heterocycles. The highest BCUT2D eigenvalue weighted by Gasteiger charge is 2.46. The number of benzene rings is 2. The van der Waals surface area contributed by atoms with Crippen LogP contribution in [0.4, 0.5) is 0 Å². The van der Waals surface area contributed by atoms with Crippen molar-refractivity contribution in [3.63, 3.8) is 0 Å². The summed E-state index contributed by atoms with van der Waals surface area (Å²) in [7, 11) is 0. The molecule has 0 unspecified atom stereocenters. The van der Waals surface area contributed by atoms with E-state index in [0.717, 1.165) is 35.1 Å². The summed E-state index contributed by atoms with van der Waals surface area (Å²) < 4.78 is 12.0. The van der Waals surface area contributed by atoms with E-state index in [2.05, 4.69) is 20.8 Å². The fourth-order valence-corrected chi connectivity index (χ4v) is 4.80. The number of ketones is 1. The van der Waals surface area contributed by atoms with Gasteiger partial charge in [-0.3, -0.25) is 14.5 Å². The molecule has 2 aliphatic rings. The van der Waals surface area contributed by atoms with Gasteiger partial charge in [0.15, 0.2) is 0 Å². The molecule has 2 fully saturated rings. The van der Waals surface area contributed by atoms with Crippen molar-refractivity contribution in [2.75, 3.05) is 46.0 Å². The van der Waals surface area contributed by atoms with E-state index in [1.54, 1.807) is 17.0 Å². The van der Waals surface area contributed by atoms with Crippen LogP contribution in [0.25, 0.3) is 5.76 Å². The van der Waals surface area contributed by atoms with Crippen LogP contribution in [-0.2, 0) is 14.3 Å². The topological polar surface area (TPSA) is 79.3 Å². The van der Waals surface area contributed by atoms with E-state index in [1.165, 1.54) is 0 Å². The van der Waals surface area contributed by atoms with Crippen LogP contribution < -0.4 is 4.74 Å². The lowest BCUT2D eigenvalue weighted by Crippen LogP contribution is -2.42. The van der Waals surface area contributed by atoms with Gasteiger partial charge >= 0.3 is 0 Å². The van der Waals surface area contributed by atoms with E-state index in [1.807, 2.05) is 44.2 Å². The van der Waals surface area contributed by atoms with Gasteiger partial charge in [-0.25, -0.2) is 0 Å². The highest BCUT2D eigenvalue weighted by atomic mass is 79.9. The molecule has 0 aliphatic carbocycles. The predicted octanol–water partition coefficient (Wildman–Crippen LogP) is 4.30. The Hall–Kier alpha value is -2.68. The Kier molecular flexibility index (Phi) is 8.26. The molecule has 4 rings (SSSR count). The summed E-state index contributed by atoms with van der Waals surface area (Å²) in [5.74, 6) is -0.711. The summed E-state index contributed by atoms with van der Waals surface area (Å²) in [5.41, 5.74) is 2.17. The minimum atomic E-state index is -0.667. The molecule has 7 nitrogen and oxygen atoms in total. The number of morpholine rings is 1. The van der Waals surface area contributed by atoms with Crippen LogP contribution in [-0.4, -0.2) is 72.6 Å². The van der Waals surface area contributed by atoms with Crippen LogP contribution in [0.15, 0.2) is 52.5 Å². The normalized spacial score (nSPS) is 20.4. The Labute approximate surface area is 214 Å². The second-order valence-electron chi connectivity index (χ2n) is 8.82. The Morgan fingerprint density at radius 3 is 2.49 bits per heavy atom. The maximum absolute atomic E-state index is 13.3. The first-order valence-corrected chi connectivity index (χ1v) is 12.8. The number of Topliss-reactive ketones (excluding diaryl/α,β-unsaturated/α-hetero) is 1. The van der Waals surface area contributed by atoms with Gasteiger partial charge in [0, 0.05) is 36.2 Å². The minimum Gasteiger partial charge on any atom is -0.507 e. The quantitative estimate of drug-likeness (QED) is 0.304. The number of aryl methyl sites for hydroxylation is 1. The summed E-state index contributed by atoms with van der Waals surface area (Å²) in [6, 6.07) is 12.2. The zero-order valence-electron chi connectivity index (χ0n) is 20.1. The van der Waals surface area contributed by atoms with Crippen molar-refractivity contribution >= 4 is 33.4 Å². The largest absolute Gasteiger partial charge is 0.507 e. The number of carbonyl (C=O) groups excluding carboxylic acids is 2. The summed E-state index contributed by atoms with van der Waals surface area (Å²) in [5, 5.41) is 11.4. The number of hydrogen-bond acceptors (Lipinski definition) is 6. The summed E-state index contributed by atoms with van der Waals surface area (Å²) in [4.78, 5) is 30.3. The average Bonchev–Trinajstić information content (AvgIpc) is 3.12. The predicted molar refractivity (Wildman–Crippen MR) is 137 cm³/mol. The van der Waals surface area contributed by atoms with Crippen molar-refractivity contribution in [3.8, 4) is 5.75 Å². The van der Waals surface area contributed by atoms with E-state index in [9.17, 15) is 14.7 Å². The molecule has 186 valence electrons. The molecule has 1 amide bonds. The van der Waals surface area contributed by atoms with E-state index < -0.39 is 17.7 Å². The van der Waals surface area contributed by atoms with Crippen molar-refractivity contribution in [2.45, 2.75) is 26.3 Å². The zero-order valence-corrected chi connectivity index (χ0v) is 21.7. The fourth-order valence-electron chi connectivity index (χ4n) is 4.53. The van der Waals surface area contributed by atoms with Gasteiger partial charge in [-0.1, -0.05) is 35.0 Å². The Morgan fingerprint density at radius 2 is 1.83 bits per heavy atom. The lowest BCUT2D eigenvalue weighted by molar-refractivity contribution is -0.140. The third-order valence-electron chi connectivity index (χ3n) is 6.41. The molecule has 2 aromatic carbocycles. The second kappa shape index (κ2) is 11.4. The molecule has 0 spiro atoms. The Balaban J connectivity index is 1.71. The van der Waals surface area contributed by atoms with Gasteiger partial charge in [0.05, 0.1) is 31.4 Å². The molecular weight excluding hydrogens is 512 g/mol. The van der Waals surface area contributed by atoms with Gasteiger partial charge in [-0.2, -0.15) is 0 Å². The maximum atomic E-state index is 13.3. The van der Waals surface area contributed by atoms with E-state index in [4.69, 9.17) is 9.47 Å². The van der Waals surface area contributed by atoms with Gasteiger partial charge in [0.2, 0.25) is 0 Å². The molecule has 1 N–H and O–H groups in total. The molecule has 1 atom stereocenters. The number of hydrogen-bond donors (Lipinski definition) is 1. The van der Waals surface area contributed by atoms with Crippen LogP contribution in [0.2, 0.25) is 0 Å². The first-order valence-electron chi connectivity index (χ1n) is 12.0. The van der Waals surface area contributed by atoms with Crippen LogP contribution in [0.5, 0.6) is 5.75 Å². The first kappa shape index (κ1) is 25.4. The number of halogens is 1. The first-order chi connectivity index (χ1) is 16.9. The smallest absolute Gasteiger partial charge is 0.295 e. The van der Waals surface area contributed by atoms with Gasteiger partial charge in [-0.05, 0) is 54.8 Å². The van der Waals surface area contributed by atoms with Crippen molar-refractivity contribution in [1.29, 1.82) is 0 Å². The lowest BCUT2D eigenvalue weighted by atomic mass is 9.94. The number of amides is 1.